The number of rotatable bonds is 6. The van der Waals surface area contributed by atoms with Crippen LogP contribution in [-0.4, -0.2) is 31.7 Å². The molecule has 0 aromatic heterocycles. The predicted molar refractivity (Wildman–Crippen MR) is 138 cm³/mol. The molecule has 37 heavy (non-hydrogen) atoms. The van der Waals surface area contributed by atoms with E-state index in [1.54, 1.807) is 37.3 Å². The van der Waals surface area contributed by atoms with Crippen molar-refractivity contribution in [1.82, 2.24) is 0 Å². The number of ether oxygens (including phenoxy) is 3. The van der Waals surface area contributed by atoms with E-state index < -0.39 is 17.8 Å². The fourth-order valence-electron chi connectivity index (χ4n) is 5.05. The van der Waals surface area contributed by atoms with Gasteiger partial charge < -0.3 is 14.2 Å². The fraction of sp³-hybridized carbons (Fsp3) is 0.200. The standard InChI is InChI=1S/C30H24N2O5/c1-17-25(30(34)36-3)26(27-28(32-17)21-10-6-7-11-22(21)29(27)33)18-12-13-23(24(14-18)35-2)37-16-20-9-5-4-8-19(20)15-31/h4-14,25-26H,16H2,1-3H3/t25?,26-/m1/s1. The lowest BCUT2D eigenvalue weighted by Gasteiger charge is -2.30. The number of carbonyl (C=O) groups is 2. The number of methoxy groups -OCH3 is 2. The van der Waals surface area contributed by atoms with Crippen LogP contribution in [0.15, 0.2) is 77.3 Å². The van der Waals surface area contributed by atoms with Gasteiger partial charge in [-0.1, -0.05) is 48.5 Å². The molecule has 5 rings (SSSR count). The van der Waals surface area contributed by atoms with Gasteiger partial charge >= 0.3 is 5.97 Å². The molecule has 1 aliphatic heterocycles. The zero-order valence-electron chi connectivity index (χ0n) is 20.6. The second-order valence-electron chi connectivity index (χ2n) is 8.84. The summed E-state index contributed by atoms with van der Waals surface area (Å²) >= 11 is 0. The van der Waals surface area contributed by atoms with Crippen molar-refractivity contribution < 1.29 is 23.8 Å². The van der Waals surface area contributed by atoms with Crippen molar-refractivity contribution in [3.8, 4) is 17.6 Å². The monoisotopic (exact) mass is 492 g/mol. The van der Waals surface area contributed by atoms with Crippen LogP contribution in [0.1, 0.15) is 45.5 Å². The first-order chi connectivity index (χ1) is 18.0. The smallest absolute Gasteiger partial charge is 0.315 e. The lowest BCUT2D eigenvalue weighted by atomic mass is 9.75. The van der Waals surface area contributed by atoms with E-state index in [1.807, 2.05) is 36.4 Å². The largest absolute Gasteiger partial charge is 0.493 e. The van der Waals surface area contributed by atoms with Crippen LogP contribution in [0.5, 0.6) is 11.5 Å². The highest BCUT2D eigenvalue weighted by Gasteiger charge is 2.46. The summed E-state index contributed by atoms with van der Waals surface area (Å²) in [4.78, 5) is 31.2. The number of carbonyl (C=O) groups excluding carboxylic acids is 2. The minimum Gasteiger partial charge on any atom is -0.493 e. The van der Waals surface area contributed by atoms with Crippen molar-refractivity contribution in [2.24, 2.45) is 10.9 Å². The highest BCUT2D eigenvalue weighted by Crippen LogP contribution is 2.49. The van der Waals surface area contributed by atoms with E-state index in [9.17, 15) is 14.9 Å². The van der Waals surface area contributed by atoms with E-state index in [0.717, 1.165) is 11.1 Å². The lowest BCUT2D eigenvalue weighted by molar-refractivity contribution is -0.143. The van der Waals surface area contributed by atoms with Crippen molar-refractivity contribution in [2.75, 3.05) is 14.2 Å². The molecule has 0 saturated carbocycles. The molecule has 0 fully saturated rings. The summed E-state index contributed by atoms with van der Waals surface area (Å²) in [6.07, 6.45) is 0. The predicted octanol–water partition coefficient (Wildman–Crippen LogP) is 5.10. The number of ketones is 1. The van der Waals surface area contributed by atoms with Crippen molar-refractivity contribution >= 4 is 23.2 Å². The normalized spacial score (nSPS) is 17.9. The number of esters is 1. The van der Waals surface area contributed by atoms with Gasteiger partial charge in [-0.2, -0.15) is 5.26 Å². The van der Waals surface area contributed by atoms with E-state index in [-0.39, 0.29) is 12.4 Å². The van der Waals surface area contributed by atoms with Gasteiger partial charge in [-0.3, -0.25) is 14.6 Å². The molecule has 2 atom stereocenters. The van der Waals surface area contributed by atoms with Crippen LogP contribution in [0.2, 0.25) is 0 Å². The molecule has 0 amide bonds. The third-order valence-corrected chi connectivity index (χ3v) is 6.83. The quantitative estimate of drug-likeness (QED) is 0.444. The Labute approximate surface area is 214 Å². The van der Waals surface area contributed by atoms with Gasteiger partial charge in [-0.15, -0.1) is 0 Å². The van der Waals surface area contributed by atoms with E-state index in [1.165, 1.54) is 14.2 Å². The first-order valence-electron chi connectivity index (χ1n) is 11.8. The van der Waals surface area contributed by atoms with Crippen LogP contribution in [-0.2, 0) is 16.1 Å². The Bertz CT molecular complexity index is 1530. The molecular formula is C30H24N2O5. The van der Waals surface area contributed by atoms with Gasteiger partial charge in [0.05, 0.1) is 31.5 Å². The molecule has 184 valence electrons. The summed E-state index contributed by atoms with van der Waals surface area (Å²) in [6.45, 7) is 1.97. The molecule has 7 heteroatoms. The molecule has 1 aliphatic carbocycles. The Hall–Kier alpha value is -4.70. The molecule has 2 aliphatic rings. The Morgan fingerprint density at radius 3 is 2.46 bits per heavy atom. The fourth-order valence-corrected chi connectivity index (χ4v) is 5.05. The Morgan fingerprint density at radius 2 is 1.73 bits per heavy atom. The number of allylic oxidation sites excluding steroid dienone is 1. The minimum absolute atomic E-state index is 0.145. The van der Waals surface area contributed by atoms with Gasteiger partial charge in [0.2, 0.25) is 0 Å². The van der Waals surface area contributed by atoms with Crippen LogP contribution in [0.3, 0.4) is 0 Å². The van der Waals surface area contributed by atoms with Crippen LogP contribution in [0, 0.1) is 17.2 Å². The van der Waals surface area contributed by atoms with Gasteiger partial charge in [0.1, 0.15) is 12.5 Å². The van der Waals surface area contributed by atoms with E-state index >= 15 is 0 Å². The number of benzene rings is 3. The molecule has 1 unspecified atom stereocenters. The van der Waals surface area contributed by atoms with Crippen molar-refractivity contribution in [3.05, 3.63) is 100 Å². The van der Waals surface area contributed by atoms with E-state index in [2.05, 4.69) is 6.07 Å². The minimum atomic E-state index is -0.763. The van der Waals surface area contributed by atoms with Gasteiger partial charge in [0, 0.05) is 33.9 Å². The van der Waals surface area contributed by atoms with Gasteiger partial charge in [-0.05, 0) is 30.7 Å². The summed E-state index contributed by atoms with van der Waals surface area (Å²) in [5.41, 5.74) is 4.98. The summed E-state index contributed by atoms with van der Waals surface area (Å²) in [6, 6.07) is 22.1. The van der Waals surface area contributed by atoms with Gasteiger partial charge in [0.25, 0.3) is 0 Å². The highest BCUT2D eigenvalue weighted by molar-refractivity contribution is 6.24. The molecular weight excluding hydrogens is 468 g/mol. The maximum absolute atomic E-state index is 13.6. The Kier molecular flexibility index (Phi) is 6.33. The van der Waals surface area contributed by atoms with E-state index in [0.29, 0.717) is 45.2 Å². The number of fused-ring (bicyclic) bond motifs is 2. The van der Waals surface area contributed by atoms with Crippen LogP contribution < -0.4 is 9.47 Å². The third-order valence-electron chi connectivity index (χ3n) is 6.83. The van der Waals surface area contributed by atoms with Crippen molar-refractivity contribution in [3.63, 3.8) is 0 Å². The number of aliphatic imine (C=N–C) groups is 1. The summed E-state index contributed by atoms with van der Waals surface area (Å²) in [5.74, 6) is -1.06. The zero-order valence-corrected chi connectivity index (χ0v) is 20.6. The first-order valence-corrected chi connectivity index (χ1v) is 11.8. The lowest BCUT2D eigenvalue weighted by Crippen LogP contribution is -2.34. The van der Waals surface area contributed by atoms with E-state index in [4.69, 9.17) is 19.2 Å². The number of Topliss-reactive ketones (excluding diaryl/α,β-unsaturated/α-hetero) is 1. The topological polar surface area (TPSA) is 98.0 Å². The van der Waals surface area contributed by atoms with Crippen LogP contribution in [0.4, 0.5) is 0 Å². The van der Waals surface area contributed by atoms with Gasteiger partial charge in [0.15, 0.2) is 17.3 Å². The molecule has 7 nitrogen and oxygen atoms in total. The number of hydrogen-bond acceptors (Lipinski definition) is 7. The maximum Gasteiger partial charge on any atom is 0.315 e. The number of nitriles is 1. The molecule has 1 heterocycles. The number of hydrogen-bond donors (Lipinski definition) is 0. The second kappa shape index (κ2) is 9.75. The molecule has 3 aromatic carbocycles. The van der Waals surface area contributed by atoms with Crippen LogP contribution >= 0.6 is 0 Å². The zero-order chi connectivity index (χ0) is 26.1. The summed E-state index contributed by atoms with van der Waals surface area (Å²) in [7, 11) is 2.86. The molecule has 0 radical (unpaired) electrons. The average Bonchev–Trinajstić information content (AvgIpc) is 3.22. The molecule has 3 aromatic rings. The van der Waals surface area contributed by atoms with Gasteiger partial charge in [-0.25, -0.2) is 0 Å². The molecule has 0 spiro atoms. The Balaban J connectivity index is 1.56. The highest BCUT2D eigenvalue weighted by atomic mass is 16.5. The molecule has 0 saturated heterocycles. The first kappa shape index (κ1) is 24.0. The average molecular weight is 493 g/mol. The summed E-state index contributed by atoms with van der Waals surface area (Å²) in [5, 5.41) is 9.36. The second-order valence-corrected chi connectivity index (χ2v) is 8.84. The molecule has 0 N–H and O–H groups in total. The third kappa shape index (κ3) is 4.07. The number of nitrogens with zero attached hydrogens (tertiary/aromatic N) is 2. The summed E-state index contributed by atoms with van der Waals surface area (Å²) < 4.78 is 16.8. The van der Waals surface area contributed by atoms with Crippen molar-refractivity contribution in [1.29, 1.82) is 5.26 Å². The SMILES string of the molecule is COC(=O)C1C(C)=NC2=C(C(=O)c3ccccc32)[C@@H]1c1ccc(OCc2ccccc2C#N)c(OC)c1. The van der Waals surface area contributed by atoms with Crippen molar-refractivity contribution in [2.45, 2.75) is 19.4 Å². The molecule has 0 bridgehead atoms. The van der Waals surface area contributed by atoms with Crippen LogP contribution in [0.25, 0.3) is 5.70 Å². The Morgan fingerprint density at radius 1 is 1.00 bits per heavy atom. The maximum atomic E-state index is 13.6.